The lowest BCUT2D eigenvalue weighted by molar-refractivity contribution is 0.102. The number of thiazole rings is 1. The fourth-order valence-electron chi connectivity index (χ4n) is 3.29. The largest absolute Gasteiger partial charge is 0.494 e. The maximum absolute atomic E-state index is 13.0. The van der Waals surface area contributed by atoms with Gasteiger partial charge in [-0.15, -0.1) is 0 Å². The highest BCUT2D eigenvalue weighted by Gasteiger charge is 2.20. The van der Waals surface area contributed by atoms with E-state index in [0.717, 1.165) is 5.56 Å². The summed E-state index contributed by atoms with van der Waals surface area (Å²) < 4.78 is 34.8. The van der Waals surface area contributed by atoms with Crippen LogP contribution >= 0.6 is 11.3 Å². The molecule has 0 unspecified atom stereocenters. The van der Waals surface area contributed by atoms with Gasteiger partial charge in [-0.3, -0.25) is 14.8 Å². The summed E-state index contributed by atoms with van der Waals surface area (Å²) in [4.78, 5) is 17.1. The Kier molecular flexibility index (Phi) is 6.11. The average Bonchev–Trinajstić information content (AvgIpc) is 3.21. The minimum atomic E-state index is -3.79. The average molecular weight is 468 g/mol. The molecule has 164 valence electrons. The van der Waals surface area contributed by atoms with Crippen molar-refractivity contribution in [1.82, 2.24) is 4.98 Å². The van der Waals surface area contributed by atoms with E-state index in [4.69, 9.17) is 4.74 Å². The molecule has 1 aromatic heterocycles. The molecule has 0 aliphatic rings. The molecule has 1 amide bonds. The van der Waals surface area contributed by atoms with Crippen LogP contribution in [0.2, 0.25) is 0 Å². The number of carbonyl (C=O) groups excluding carboxylic acids is 1. The van der Waals surface area contributed by atoms with Crippen LogP contribution in [0.1, 0.15) is 22.8 Å². The van der Waals surface area contributed by atoms with Crippen LogP contribution in [0.25, 0.3) is 10.2 Å². The molecule has 4 aromatic rings. The van der Waals surface area contributed by atoms with Crippen molar-refractivity contribution in [3.63, 3.8) is 0 Å². The molecule has 4 rings (SSSR count). The van der Waals surface area contributed by atoms with E-state index in [-0.39, 0.29) is 10.8 Å². The van der Waals surface area contributed by atoms with E-state index in [0.29, 0.717) is 38.8 Å². The first kappa shape index (κ1) is 21.8. The minimum absolute atomic E-state index is 0.238. The minimum Gasteiger partial charge on any atom is -0.494 e. The number of benzene rings is 3. The van der Waals surface area contributed by atoms with Crippen LogP contribution in [0.3, 0.4) is 0 Å². The normalized spacial score (nSPS) is 11.3. The molecule has 0 aliphatic carbocycles. The zero-order chi connectivity index (χ0) is 22.7. The molecule has 0 aliphatic heterocycles. The Morgan fingerprint density at radius 3 is 2.50 bits per heavy atom. The summed E-state index contributed by atoms with van der Waals surface area (Å²) in [7, 11) is -2.30. The molecule has 0 saturated heterocycles. The van der Waals surface area contributed by atoms with Crippen LogP contribution in [0.5, 0.6) is 5.75 Å². The van der Waals surface area contributed by atoms with Crippen LogP contribution < -0.4 is 14.8 Å². The topological polar surface area (TPSA) is 97.4 Å². The first-order chi connectivity index (χ1) is 15.4. The molecule has 1 heterocycles. The predicted octanol–water partition coefficient (Wildman–Crippen LogP) is 4.92. The van der Waals surface area contributed by atoms with E-state index in [9.17, 15) is 13.2 Å². The molecule has 3 aromatic carbocycles. The third-order valence-electron chi connectivity index (χ3n) is 4.83. The number of hydrogen-bond donors (Lipinski definition) is 2. The number of fused-ring (bicyclic) bond motifs is 1. The molecule has 7 nitrogen and oxygen atoms in total. The zero-order valence-electron chi connectivity index (χ0n) is 17.5. The van der Waals surface area contributed by atoms with E-state index in [1.54, 1.807) is 54.6 Å². The van der Waals surface area contributed by atoms with Crippen LogP contribution in [0, 0.1) is 0 Å². The van der Waals surface area contributed by atoms with Gasteiger partial charge in [0, 0.05) is 11.6 Å². The predicted molar refractivity (Wildman–Crippen MR) is 127 cm³/mol. The van der Waals surface area contributed by atoms with Crippen molar-refractivity contribution in [2.24, 2.45) is 0 Å². The number of rotatable bonds is 7. The fraction of sp³-hybridized carbons (Fsp3) is 0.130. The molecule has 0 saturated carbocycles. The number of aromatic nitrogens is 1. The molecule has 0 fully saturated rings. The molecule has 32 heavy (non-hydrogen) atoms. The number of nitrogens with one attached hydrogen (secondary N) is 2. The van der Waals surface area contributed by atoms with Crippen molar-refractivity contribution in [2.75, 3.05) is 17.1 Å². The number of sulfonamides is 1. The standard InChI is InChI=1S/C23H21N3O4S2/c1-3-15-9-7-8-12-20(15)32(28,29)26-17-13-18(30-2)21-19(14-17)31-23(24-21)25-22(27)16-10-5-4-6-11-16/h4-14,26H,3H2,1-2H3,(H,24,25,27). The molecule has 0 atom stereocenters. The van der Waals surface area contributed by atoms with Crippen molar-refractivity contribution in [2.45, 2.75) is 18.2 Å². The molecular formula is C23H21N3O4S2. The lowest BCUT2D eigenvalue weighted by Gasteiger charge is -2.12. The monoisotopic (exact) mass is 467 g/mol. The first-order valence-corrected chi connectivity index (χ1v) is 12.2. The second-order valence-electron chi connectivity index (χ2n) is 6.93. The Balaban J connectivity index is 1.66. The number of ether oxygens (including phenoxy) is 1. The van der Waals surface area contributed by atoms with E-state index in [2.05, 4.69) is 15.0 Å². The number of anilines is 2. The number of nitrogens with zero attached hydrogens (tertiary/aromatic N) is 1. The van der Waals surface area contributed by atoms with Crippen molar-refractivity contribution in [3.05, 3.63) is 77.9 Å². The summed E-state index contributed by atoms with van der Waals surface area (Å²) in [5, 5.41) is 3.17. The van der Waals surface area contributed by atoms with E-state index >= 15 is 0 Å². The van der Waals surface area contributed by atoms with Crippen LogP contribution in [-0.2, 0) is 16.4 Å². The van der Waals surface area contributed by atoms with Gasteiger partial charge in [0.05, 0.1) is 22.4 Å². The summed E-state index contributed by atoms with van der Waals surface area (Å²) in [6, 6.07) is 19.0. The van der Waals surface area contributed by atoms with E-state index in [1.807, 2.05) is 19.1 Å². The van der Waals surface area contributed by atoms with Gasteiger partial charge in [-0.25, -0.2) is 13.4 Å². The van der Waals surface area contributed by atoms with Gasteiger partial charge in [0.15, 0.2) is 5.13 Å². The Hall–Kier alpha value is -3.43. The summed E-state index contributed by atoms with van der Waals surface area (Å²) in [6.45, 7) is 1.91. The van der Waals surface area contributed by atoms with E-state index < -0.39 is 10.0 Å². The first-order valence-electron chi connectivity index (χ1n) is 9.87. The van der Waals surface area contributed by atoms with Crippen molar-refractivity contribution < 1.29 is 17.9 Å². The number of aryl methyl sites for hydroxylation is 1. The summed E-state index contributed by atoms with van der Waals surface area (Å²) in [6.07, 6.45) is 0.596. The van der Waals surface area contributed by atoms with Gasteiger partial charge in [-0.1, -0.05) is 54.7 Å². The maximum atomic E-state index is 13.0. The van der Waals surface area contributed by atoms with Gasteiger partial charge in [-0.2, -0.15) is 0 Å². The zero-order valence-corrected chi connectivity index (χ0v) is 19.1. The molecular weight excluding hydrogens is 446 g/mol. The molecule has 0 radical (unpaired) electrons. The third kappa shape index (κ3) is 4.44. The van der Waals surface area contributed by atoms with Gasteiger partial charge in [0.1, 0.15) is 11.3 Å². The Labute approximate surface area is 190 Å². The number of carbonyl (C=O) groups is 1. The fourth-order valence-corrected chi connectivity index (χ4v) is 5.56. The van der Waals surface area contributed by atoms with Crippen molar-refractivity contribution in [3.8, 4) is 5.75 Å². The number of amides is 1. The molecule has 0 spiro atoms. The number of methoxy groups -OCH3 is 1. The van der Waals surface area contributed by atoms with Crippen LogP contribution in [0.4, 0.5) is 10.8 Å². The Morgan fingerprint density at radius 2 is 1.78 bits per heavy atom. The molecule has 2 N–H and O–H groups in total. The third-order valence-corrected chi connectivity index (χ3v) is 7.23. The summed E-state index contributed by atoms with van der Waals surface area (Å²) >= 11 is 1.24. The molecule has 0 bridgehead atoms. The SMILES string of the molecule is CCc1ccccc1S(=O)(=O)Nc1cc(OC)c2nc(NC(=O)c3ccccc3)sc2c1. The highest BCUT2D eigenvalue weighted by molar-refractivity contribution is 7.92. The van der Waals surface area contributed by atoms with Gasteiger partial charge < -0.3 is 4.74 Å². The lowest BCUT2D eigenvalue weighted by Crippen LogP contribution is -2.14. The lowest BCUT2D eigenvalue weighted by atomic mass is 10.2. The number of hydrogen-bond acceptors (Lipinski definition) is 6. The van der Waals surface area contributed by atoms with Crippen molar-refractivity contribution >= 4 is 48.3 Å². The van der Waals surface area contributed by atoms with Gasteiger partial charge >= 0.3 is 0 Å². The highest BCUT2D eigenvalue weighted by atomic mass is 32.2. The summed E-state index contributed by atoms with van der Waals surface area (Å²) in [5.74, 6) is 0.126. The summed E-state index contributed by atoms with van der Waals surface area (Å²) in [5.41, 5.74) is 2.14. The van der Waals surface area contributed by atoms with Gasteiger partial charge in [0.2, 0.25) is 0 Å². The maximum Gasteiger partial charge on any atom is 0.262 e. The highest BCUT2D eigenvalue weighted by Crippen LogP contribution is 2.36. The molecule has 9 heteroatoms. The van der Waals surface area contributed by atoms with Crippen molar-refractivity contribution in [1.29, 1.82) is 0 Å². The van der Waals surface area contributed by atoms with Crippen LogP contribution in [0.15, 0.2) is 71.6 Å². The Bertz CT molecular complexity index is 1380. The second-order valence-corrected chi connectivity index (χ2v) is 9.61. The van der Waals surface area contributed by atoms with Crippen LogP contribution in [-0.4, -0.2) is 26.4 Å². The van der Waals surface area contributed by atoms with Gasteiger partial charge in [-0.05, 0) is 36.2 Å². The van der Waals surface area contributed by atoms with E-state index in [1.165, 1.54) is 18.4 Å². The smallest absolute Gasteiger partial charge is 0.262 e. The second kappa shape index (κ2) is 8.97. The van der Waals surface area contributed by atoms with Gasteiger partial charge in [0.25, 0.3) is 15.9 Å². The quantitative estimate of drug-likeness (QED) is 0.402. The Morgan fingerprint density at radius 1 is 1.06 bits per heavy atom.